The van der Waals surface area contributed by atoms with Crippen molar-refractivity contribution in [3.05, 3.63) is 17.8 Å². The smallest absolute Gasteiger partial charge is 0.156 e. The van der Waals surface area contributed by atoms with Gasteiger partial charge in [-0.2, -0.15) is 4.52 Å². The van der Waals surface area contributed by atoms with Crippen LogP contribution in [-0.4, -0.2) is 45.9 Å². The quantitative estimate of drug-likeness (QED) is 0.859. The maximum absolute atomic E-state index is 9.62. The SMILES string of the molecule is CCc1nc2ccc(N3CCC(O)C3)nn2c1NC. The molecule has 2 aromatic heterocycles. The Labute approximate surface area is 112 Å². The number of aliphatic hydroxyl groups is 1. The standard InChI is InChI=1S/C13H19N5O/c1-3-10-13(14-2)18-11(15-10)4-5-12(16-18)17-7-6-9(19)8-17/h4-5,9,14,19H,3,6-8H2,1-2H3. The van der Waals surface area contributed by atoms with Crippen LogP contribution < -0.4 is 10.2 Å². The Bertz CT molecular complexity index is 594. The predicted octanol–water partition coefficient (Wildman–Crippen LogP) is 0.904. The van der Waals surface area contributed by atoms with E-state index < -0.39 is 0 Å². The van der Waals surface area contributed by atoms with Crippen LogP contribution >= 0.6 is 0 Å². The van der Waals surface area contributed by atoms with Gasteiger partial charge in [0.15, 0.2) is 11.5 Å². The maximum Gasteiger partial charge on any atom is 0.156 e. The van der Waals surface area contributed by atoms with Crippen molar-refractivity contribution in [1.29, 1.82) is 0 Å². The molecule has 0 aliphatic carbocycles. The normalized spacial score (nSPS) is 19.3. The molecule has 0 radical (unpaired) electrons. The minimum atomic E-state index is -0.241. The molecule has 6 heteroatoms. The number of aliphatic hydroxyl groups excluding tert-OH is 1. The Morgan fingerprint density at radius 1 is 1.47 bits per heavy atom. The minimum Gasteiger partial charge on any atom is -0.391 e. The second-order valence-electron chi connectivity index (χ2n) is 4.86. The number of nitrogens with zero attached hydrogens (tertiary/aromatic N) is 4. The molecule has 0 bridgehead atoms. The summed E-state index contributed by atoms with van der Waals surface area (Å²) >= 11 is 0. The van der Waals surface area contributed by atoms with Crippen molar-refractivity contribution in [2.75, 3.05) is 30.4 Å². The lowest BCUT2D eigenvalue weighted by molar-refractivity contribution is 0.198. The molecule has 6 nitrogen and oxygen atoms in total. The van der Waals surface area contributed by atoms with Crippen LogP contribution in [0.4, 0.5) is 11.6 Å². The monoisotopic (exact) mass is 261 g/mol. The summed E-state index contributed by atoms with van der Waals surface area (Å²) in [4.78, 5) is 6.66. The first-order valence-electron chi connectivity index (χ1n) is 6.72. The molecule has 1 unspecified atom stereocenters. The zero-order valence-corrected chi connectivity index (χ0v) is 11.3. The van der Waals surface area contributed by atoms with Crippen LogP contribution in [0, 0.1) is 0 Å². The van der Waals surface area contributed by atoms with Crippen molar-refractivity contribution in [2.24, 2.45) is 0 Å². The van der Waals surface area contributed by atoms with Gasteiger partial charge >= 0.3 is 0 Å². The third-order valence-electron chi connectivity index (χ3n) is 3.59. The number of β-amino-alcohol motifs (C(OH)–C–C–N with tert-alkyl or cyclic N) is 1. The van der Waals surface area contributed by atoms with E-state index in [-0.39, 0.29) is 6.10 Å². The summed E-state index contributed by atoms with van der Waals surface area (Å²) in [7, 11) is 1.89. The van der Waals surface area contributed by atoms with Crippen molar-refractivity contribution in [3.8, 4) is 0 Å². The molecule has 3 rings (SSSR count). The van der Waals surface area contributed by atoms with Gasteiger partial charge in [0.05, 0.1) is 11.8 Å². The van der Waals surface area contributed by atoms with Crippen LogP contribution in [0.5, 0.6) is 0 Å². The number of fused-ring (bicyclic) bond motifs is 1. The molecule has 19 heavy (non-hydrogen) atoms. The number of rotatable bonds is 3. The van der Waals surface area contributed by atoms with E-state index in [0.717, 1.165) is 42.4 Å². The van der Waals surface area contributed by atoms with E-state index in [1.54, 1.807) is 0 Å². The van der Waals surface area contributed by atoms with Gasteiger partial charge in [0, 0.05) is 20.1 Å². The van der Waals surface area contributed by atoms with Crippen LogP contribution in [0.1, 0.15) is 19.0 Å². The zero-order chi connectivity index (χ0) is 13.4. The van der Waals surface area contributed by atoms with Gasteiger partial charge in [0.25, 0.3) is 0 Å². The fourth-order valence-electron chi connectivity index (χ4n) is 2.58. The number of imidazole rings is 1. The van der Waals surface area contributed by atoms with Gasteiger partial charge < -0.3 is 15.3 Å². The van der Waals surface area contributed by atoms with Crippen LogP contribution in [-0.2, 0) is 6.42 Å². The molecule has 1 atom stereocenters. The molecular formula is C13H19N5O. The molecule has 2 aromatic rings. The average molecular weight is 261 g/mol. The van der Waals surface area contributed by atoms with Crippen molar-refractivity contribution in [2.45, 2.75) is 25.9 Å². The van der Waals surface area contributed by atoms with Gasteiger partial charge in [0.1, 0.15) is 5.82 Å². The van der Waals surface area contributed by atoms with E-state index in [2.05, 4.69) is 27.2 Å². The largest absolute Gasteiger partial charge is 0.391 e. The summed E-state index contributed by atoms with van der Waals surface area (Å²) in [5, 5.41) is 17.4. The number of hydrogen-bond acceptors (Lipinski definition) is 5. The Morgan fingerprint density at radius 2 is 2.32 bits per heavy atom. The first-order valence-corrected chi connectivity index (χ1v) is 6.72. The van der Waals surface area contributed by atoms with Crippen molar-refractivity contribution in [3.63, 3.8) is 0 Å². The molecule has 2 N–H and O–H groups in total. The fourth-order valence-corrected chi connectivity index (χ4v) is 2.58. The molecule has 1 aliphatic rings. The Kier molecular flexibility index (Phi) is 3.02. The molecule has 102 valence electrons. The lowest BCUT2D eigenvalue weighted by Gasteiger charge is -2.16. The third kappa shape index (κ3) is 2.02. The minimum absolute atomic E-state index is 0.241. The lowest BCUT2D eigenvalue weighted by Crippen LogP contribution is -2.23. The molecule has 0 spiro atoms. The number of hydrogen-bond donors (Lipinski definition) is 2. The van der Waals surface area contributed by atoms with Gasteiger partial charge in [-0.25, -0.2) is 4.98 Å². The van der Waals surface area contributed by atoms with Gasteiger partial charge in [0.2, 0.25) is 0 Å². The first-order chi connectivity index (χ1) is 9.22. The predicted molar refractivity (Wildman–Crippen MR) is 74.7 cm³/mol. The van der Waals surface area contributed by atoms with Gasteiger partial charge in [-0.05, 0) is 25.0 Å². The van der Waals surface area contributed by atoms with E-state index in [9.17, 15) is 5.11 Å². The van der Waals surface area contributed by atoms with E-state index in [0.29, 0.717) is 6.54 Å². The summed E-state index contributed by atoms with van der Waals surface area (Å²) in [6, 6.07) is 3.95. The van der Waals surface area contributed by atoms with Gasteiger partial charge in [-0.3, -0.25) is 0 Å². The molecule has 1 aliphatic heterocycles. The maximum atomic E-state index is 9.62. The topological polar surface area (TPSA) is 65.7 Å². The van der Waals surface area contributed by atoms with Crippen LogP contribution in [0.3, 0.4) is 0 Å². The number of anilines is 2. The number of aromatic nitrogens is 3. The molecule has 0 saturated carbocycles. The van der Waals surface area contributed by atoms with Gasteiger partial charge in [-0.15, -0.1) is 5.10 Å². The van der Waals surface area contributed by atoms with Crippen molar-refractivity contribution < 1.29 is 5.11 Å². The van der Waals surface area contributed by atoms with Gasteiger partial charge in [-0.1, -0.05) is 6.92 Å². The van der Waals surface area contributed by atoms with Crippen LogP contribution in [0.15, 0.2) is 12.1 Å². The lowest BCUT2D eigenvalue weighted by atomic mass is 10.3. The summed E-state index contributed by atoms with van der Waals surface area (Å²) in [5.74, 6) is 1.83. The highest BCUT2D eigenvalue weighted by molar-refractivity contribution is 5.56. The number of nitrogens with one attached hydrogen (secondary N) is 1. The third-order valence-corrected chi connectivity index (χ3v) is 3.59. The Morgan fingerprint density at radius 3 is 2.95 bits per heavy atom. The Balaban J connectivity index is 2.04. The highest BCUT2D eigenvalue weighted by Gasteiger charge is 2.22. The summed E-state index contributed by atoms with van der Waals surface area (Å²) < 4.78 is 1.85. The Hall–Kier alpha value is -1.82. The summed E-state index contributed by atoms with van der Waals surface area (Å²) in [6.45, 7) is 3.59. The average Bonchev–Trinajstić information content (AvgIpc) is 3.00. The summed E-state index contributed by atoms with van der Waals surface area (Å²) in [5.41, 5.74) is 1.87. The second kappa shape index (κ2) is 4.70. The molecule has 0 amide bonds. The van der Waals surface area contributed by atoms with Crippen molar-refractivity contribution >= 4 is 17.3 Å². The molecule has 1 saturated heterocycles. The highest BCUT2D eigenvalue weighted by atomic mass is 16.3. The second-order valence-corrected chi connectivity index (χ2v) is 4.86. The van der Waals surface area contributed by atoms with E-state index in [1.807, 2.05) is 23.7 Å². The fraction of sp³-hybridized carbons (Fsp3) is 0.538. The number of aryl methyl sites for hydroxylation is 1. The molecular weight excluding hydrogens is 242 g/mol. The molecule has 3 heterocycles. The van der Waals surface area contributed by atoms with Crippen LogP contribution in [0.25, 0.3) is 5.65 Å². The van der Waals surface area contributed by atoms with E-state index in [4.69, 9.17) is 0 Å². The van der Waals surface area contributed by atoms with Crippen LogP contribution in [0.2, 0.25) is 0 Å². The van der Waals surface area contributed by atoms with Crippen molar-refractivity contribution in [1.82, 2.24) is 14.6 Å². The van der Waals surface area contributed by atoms with E-state index in [1.165, 1.54) is 0 Å². The van der Waals surface area contributed by atoms with E-state index >= 15 is 0 Å². The molecule has 0 aromatic carbocycles. The zero-order valence-electron chi connectivity index (χ0n) is 11.3. The summed E-state index contributed by atoms with van der Waals surface area (Å²) in [6.07, 6.45) is 1.44. The first kappa shape index (κ1) is 12.2. The highest BCUT2D eigenvalue weighted by Crippen LogP contribution is 2.22. The molecule has 1 fully saturated rings.